The first-order valence-electron chi connectivity index (χ1n) is 4.42. The normalized spacial score (nSPS) is 9.77. The number of allylic oxidation sites excluding steroid dienone is 3. The Morgan fingerprint density at radius 3 is 2.08 bits per heavy atom. The Labute approximate surface area is 86.7 Å². The van der Waals surface area contributed by atoms with Crippen LogP contribution in [0.2, 0.25) is 0 Å². The Kier molecular flexibility index (Phi) is 10.7. The van der Waals surface area contributed by atoms with Gasteiger partial charge >= 0.3 is 0 Å². The van der Waals surface area contributed by atoms with Gasteiger partial charge in [0.15, 0.2) is 0 Å². The van der Waals surface area contributed by atoms with Crippen molar-refractivity contribution in [3.8, 4) is 0 Å². The zero-order valence-corrected chi connectivity index (χ0v) is 9.74. The second-order valence-electron chi connectivity index (χ2n) is 2.17. The highest BCUT2D eigenvalue weighted by Crippen LogP contribution is 2.12. The van der Waals surface area contributed by atoms with E-state index in [1.54, 1.807) is 6.08 Å². The van der Waals surface area contributed by atoms with Gasteiger partial charge in [-0.25, -0.2) is 0 Å². The molecule has 0 rings (SSSR count). The fraction of sp³-hybridized carbons (Fsp3) is 0.455. The van der Waals surface area contributed by atoms with E-state index >= 15 is 0 Å². The summed E-state index contributed by atoms with van der Waals surface area (Å²) in [5, 5.41) is 0.455. The third-order valence-electron chi connectivity index (χ3n) is 1.01. The van der Waals surface area contributed by atoms with Crippen molar-refractivity contribution in [2.24, 2.45) is 0 Å². The van der Waals surface area contributed by atoms with Crippen molar-refractivity contribution in [2.75, 3.05) is 6.61 Å². The van der Waals surface area contributed by atoms with Crippen LogP contribution in [0.5, 0.6) is 0 Å². The van der Waals surface area contributed by atoms with Gasteiger partial charge < -0.3 is 4.74 Å². The molecule has 0 aliphatic heterocycles. The summed E-state index contributed by atoms with van der Waals surface area (Å²) < 4.78 is 5.23. The maximum absolute atomic E-state index is 5.56. The standard InChI is InChI=1S/C9H13ClO.C2H6/c1-5-11-9(7(2)3)6-8(4)10;1-2/h6H,2,4-5H2,1,3H3;1-2H3/b9-6+;. The molecule has 0 aliphatic rings. The molecule has 0 atom stereocenters. The molecule has 0 heterocycles. The lowest BCUT2D eigenvalue weighted by atomic mass is 10.2. The molecule has 0 aromatic rings. The van der Waals surface area contributed by atoms with Crippen LogP contribution in [0.3, 0.4) is 0 Å². The summed E-state index contributed by atoms with van der Waals surface area (Å²) in [6.07, 6.45) is 1.66. The lowest BCUT2D eigenvalue weighted by molar-refractivity contribution is 0.238. The lowest BCUT2D eigenvalue weighted by Crippen LogP contribution is -1.92. The maximum Gasteiger partial charge on any atom is 0.123 e. The van der Waals surface area contributed by atoms with Gasteiger partial charge in [-0.15, -0.1) is 0 Å². The van der Waals surface area contributed by atoms with Gasteiger partial charge in [0, 0.05) is 5.03 Å². The Balaban J connectivity index is 0. The minimum Gasteiger partial charge on any atom is -0.494 e. The Morgan fingerprint density at radius 2 is 1.85 bits per heavy atom. The molecule has 0 spiro atoms. The van der Waals surface area contributed by atoms with Crippen molar-refractivity contribution in [1.29, 1.82) is 0 Å². The first-order chi connectivity index (χ1) is 6.07. The number of halogens is 1. The molecule has 76 valence electrons. The highest BCUT2D eigenvalue weighted by molar-refractivity contribution is 6.30. The van der Waals surface area contributed by atoms with E-state index in [0.717, 1.165) is 5.57 Å². The molecule has 0 saturated carbocycles. The topological polar surface area (TPSA) is 9.23 Å². The molecule has 0 amide bonds. The highest BCUT2D eigenvalue weighted by Gasteiger charge is 1.97. The van der Waals surface area contributed by atoms with E-state index in [4.69, 9.17) is 16.3 Å². The molecular formula is C11H19ClO. The third kappa shape index (κ3) is 9.22. The van der Waals surface area contributed by atoms with Crippen LogP contribution >= 0.6 is 11.6 Å². The van der Waals surface area contributed by atoms with Gasteiger partial charge in [-0.2, -0.15) is 0 Å². The van der Waals surface area contributed by atoms with Crippen LogP contribution in [0.1, 0.15) is 27.7 Å². The van der Waals surface area contributed by atoms with Crippen molar-refractivity contribution in [3.05, 3.63) is 35.6 Å². The van der Waals surface area contributed by atoms with E-state index in [0.29, 0.717) is 17.4 Å². The van der Waals surface area contributed by atoms with E-state index in [1.165, 1.54) is 0 Å². The summed E-state index contributed by atoms with van der Waals surface area (Å²) in [4.78, 5) is 0. The summed E-state index contributed by atoms with van der Waals surface area (Å²) in [7, 11) is 0. The van der Waals surface area contributed by atoms with Crippen LogP contribution in [0.4, 0.5) is 0 Å². The smallest absolute Gasteiger partial charge is 0.123 e. The molecule has 0 aromatic heterocycles. The van der Waals surface area contributed by atoms with Gasteiger partial charge in [-0.05, 0) is 25.5 Å². The van der Waals surface area contributed by atoms with Crippen LogP contribution in [-0.2, 0) is 4.74 Å². The fourth-order valence-corrected chi connectivity index (χ4v) is 0.685. The predicted molar refractivity (Wildman–Crippen MR) is 60.9 cm³/mol. The minimum absolute atomic E-state index is 0.455. The zero-order valence-electron chi connectivity index (χ0n) is 8.98. The molecule has 0 bridgehead atoms. The molecule has 0 aliphatic carbocycles. The number of ether oxygens (including phenoxy) is 1. The largest absolute Gasteiger partial charge is 0.494 e. The molecular weight excluding hydrogens is 184 g/mol. The van der Waals surface area contributed by atoms with E-state index in [9.17, 15) is 0 Å². The van der Waals surface area contributed by atoms with E-state index < -0.39 is 0 Å². The zero-order chi connectivity index (χ0) is 10.9. The van der Waals surface area contributed by atoms with Crippen molar-refractivity contribution in [2.45, 2.75) is 27.7 Å². The lowest BCUT2D eigenvalue weighted by Gasteiger charge is -2.06. The Hall–Kier alpha value is -0.690. The van der Waals surface area contributed by atoms with Crippen molar-refractivity contribution < 1.29 is 4.74 Å². The van der Waals surface area contributed by atoms with E-state index in [-0.39, 0.29) is 0 Å². The van der Waals surface area contributed by atoms with Crippen LogP contribution in [0.15, 0.2) is 35.6 Å². The molecule has 0 aromatic carbocycles. The molecule has 2 heteroatoms. The van der Waals surface area contributed by atoms with Crippen LogP contribution < -0.4 is 0 Å². The quantitative estimate of drug-likeness (QED) is 0.489. The molecule has 1 nitrogen and oxygen atoms in total. The summed E-state index contributed by atoms with van der Waals surface area (Å²) in [6, 6.07) is 0. The van der Waals surface area contributed by atoms with Gasteiger partial charge in [0.05, 0.1) is 6.61 Å². The van der Waals surface area contributed by atoms with Crippen LogP contribution in [0.25, 0.3) is 0 Å². The SMILES string of the molecule is C=C(Cl)/C=C(/OCC)C(=C)C.CC. The third-order valence-corrected chi connectivity index (χ3v) is 1.12. The summed E-state index contributed by atoms with van der Waals surface area (Å²) in [5.41, 5.74) is 0.855. The molecule has 0 radical (unpaired) electrons. The van der Waals surface area contributed by atoms with Gasteiger partial charge in [0.25, 0.3) is 0 Å². The van der Waals surface area contributed by atoms with Gasteiger partial charge in [0.2, 0.25) is 0 Å². The summed E-state index contributed by atoms with van der Waals surface area (Å²) >= 11 is 5.56. The first kappa shape index (κ1) is 14.8. The highest BCUT2D eigenvalue weighted by atomic mass is 35.5. The average Bonchev–Trinajstić information content (AvgIpc) is 2.06. The minimum atomic E-state index is 0.455. The fourth-order valence-electron chi connectivity index (χ4n) is 0.586. The summed E-state index contributed by atoms with van der Waals surface area (Å²) in [5.74, 6) is 0.701. The van der Waals surface area contributed by atoms with E-state index in [1.807, 2.05) is 27.7 Å². The van der Waals surface area contributed by atoms with Crippen LogP contribution in [0, 0.1) is 0 Å². The van der Waals surface area contributed by atoms with Crippen LogP contribution in [-0.4, -0.2) is 6.61 Å². The second-order valence-corrected chi connectivity index (χ2v) is 2.65. The molecule has 0 N–H and O–H groups in total. The molecule has 0 fully saturated rings. The van der Waals surface area contributed by atoms with Crippen molar-refractivity contribution >= 4 is 11.6 Å². The average molecular weight is 203 g/mol. The number of rotatable bonds is 4. The Bertz CT molecular complexity index is 192. The Morgan fingerprint density at radius 1 is 1.38 bits per heavy atom. The van der Waals surface area contributed by atoms with Gasteiger partial charge in [-0.3, -0.25) is 0 Å². The molecule has 0 saturated heterocycles. The summed E-state index contributed by atoms with van der Waals surface area (Å²) in [6.45, 7) is 15.6. The van der Waals surface area contributed by atoms with Gasteiger partial charge in [-0.1, -0.05) is 38.6 Å². The number of hydrogen-bond acceptors (Lipinski definition) is 1. The number of hydrogen-bond donors (Lipinski definition) is 0. The second kappa shape index (κ2) is 9.40. The molecule has 13 heavy (non-hydrogen) atoms. The van der Waals surface area contributed by atoms with Gasteiger partial charge in [0.1, 0.15) is 5.76 Å². The molecule has 0 unspecified atom stereocenters. The first-order valence-corrected chi connectivity index (χ1v) is 4.80. The maximum atomic E-state index is 5.56. The van der Waals surface area contributed by atoms with Crippen molar-refractivity contribution in [3.63, 3.8) is 0 Å². The van der Waals surface area contributed by atoms with Crippen molar-refractivity contribution in [1.82, 2.24) is 0 Å². The predicted octanol–water partition coefficient (Wildman–Crippen LogP) is 4.26. The monoisotopic (exact) mass is 202 g/mol. The van der Waals surface area contributed by atoms with E-state index in [2.05, 4.69) is 13.2 Å².